The second kappa shape index (κ2) is 9.45. The molecule has 2 unspecified atom stereocenters. The highest BCUT2D eigenvalue weighted by molar-refractivity contribution is 5.44. The van der Waals surface area contributed by atoms with Gasteiger partial charge >= 0.3 is 0 Å². The van der Waals surface area contributed by atoms with Gasteiger partial charge < -0.3 is 29.9 Å². The second-order valence-corrected chi connectivity index (χ2v) is 8.20. The van der Waals surface area contributed by atoms with Crippen LogP contribution in [0.1, 0.15) is 52.9 Å². The van der Waals surface area contributed by atoms with Crippen LogP contribution in [0.3, 0.4) is 0 Å². The van der Waals surface area contributed by atoms with Gasteiger partial charge in [0.2, 0.25) is 0 Å². The third-order valence-electron chi connectivity index (χ3n) is 6.15. The summed E-state index contributed by atoms with van der Waals surface area (Å²) in [5.74, 6) is 0. The summed E-state index contributed by atoms with van der Waals surface area (Å²) in [6, 6.07) is 15.5. The van der Waals surface area contributed by atoms with E-state index < -0.39 is 37.1 Å². The maximum absolute atomic E-state index is 10.4. The van der Waals surface area contributed by atoms with Crippen molar-refractivity contribution < 1.29 is 29.9 Å². The maximum Gasteiger partial charge on any atom is 0.113 e. The van der Waals surface area contributed by atoms with E-state index in [9.17, 15) is 25.7 Å². The van der Waals surface area contributed by atoms with E-state index in [1.807, 2.05) is 12.1 Å². The van der Waals surface area contributed by atoms with E-state index in [0.717, 1.165) is 36.1 Å². The highest BCUT2D eigenvalue weighted by Crippen LogP contribution is 2.34. The summed E-state index contributed by atoms with van der Waals surface area (Å²) < 4.78 is 11.4. The third-order valence-corrected chi connectivity index (χ3v) is 6.15. The fourth-order valence-corrected chi connectivity index (χ4v) is 4.33. The van der Waals surface area contributed by atoms with Crippen LogP contribution in [0.4, 0.5) is 0 Å². The molecule has 31 heavy (non-hydrogen) atoms. The van der Waals surface area contributed by atoms with Crippen LogP contribution < -0.4 is 0 Å². The quantitative estimate of drug-likeness (QED) is 0.573. The summed E-state index contributed by atoms with van der Waals surface area (Å²) >= 11 is 0. The molecule has 0 amide bonds. The van der Waals surface area contributed by atoms with E-state index in [2.05, 4.69) is 18.2 Å². The van der Waals surface area contributed by atoms with Crippen molar-refractivity contribution in [2.45, 2.75) is 55.9 Å². The minimum atomic E-state index is -1.44. The Morgan fingerprint density at radius 1 is 0.968 bits per heavy atom. The van der Waals surface area contributed by atoms with Crippen LogP contribution in [0.5, 0.6) is 0 Å². The van der Waals surface area contributed by atoms with Crippen LogP contribution in [0.15, 0.2) is 42.5 Å². The second-order valence-electron chi connectivity index (χ2n) is 8.20. The number of aliphatic hydroxyl groups is 4. The molecule has 2 saturated heterocycles. The largest absolute Gasteiger partial charge is 0.394 e. The van der Waals surface area contributed by atoms with Crippen LogP contribution in [-0.4, -0.2) is 58.1 Å². The molecular formula is C24H27NO6. The summed E-state index contributed by atoms with van der Waals surface area (Å²) in [5.41, 5.74) is 4.03. The summed E-state index contributed by atoms with van der Waals surface area (Å²) in [5, 5.41) is 49.5. The summed E-state index contributed by atoms with van der Waals surface area (Å²) in [6.45, 7) is 0.310. The van der Waals surface area contributed by atoms with E-state index in [1.165, 1.54) is 0 Å². The number of ether oxygens (including phenoxy) is 2. The van der Waals surface area contributed by atoms with Crippen molar-refractivity contribution >= 4 is 0 Å². The van der Waals surface area contributed by atoms with Gasteiger partial charge in [-0.15, -0.1) is 0 Å². The van der Waals surface area contributed by atoms with E-state index in [0.29, 0.717) is 17.5 Å². The molecule has 2 heterocycles. The number of benzene rings is 2. The normalized spacial score (nSPS) is 30.8. The molecule has 2 aliphatic rings. The molecule has 7 heteroatoms. The lowest BCUT2D eigenvalue weighted by atomic mass is 9.89. The molecule has 0 aromatic heterocycles. The molecule has 7 nitrogen and oxygen atoms in total. The molecule has 2 aromatic carbocycles. The van der Waals surface area contributed by atoms with Gasteiger partial charge in [-0.2, -0.15) is 5.26 Å². The Labute approximate surface area is 181 Å². The fraction of sp³-hybridized carbons (Fsp3) is 0.458. The van der Waals surface area contributed by atoms with Gasteiger partial charge in [-0.25, -0.2) is 0 Å². The predicted octanol–water partition coefficient (Wildman–Crippen LogP) is 1.52. The van der Waals surface area contributed by atoms with E-state index in [-0.39, 0.29) is 6.10 Å². The van der Waals surface area contributed by atoms with Gasteiger partial charge in [0.05, 0.1) is 24.3 Å². The molecular weight excluding hydrogens is 398 g/mol. The minimum Gasteiger partial charge on any atom is -0.394 e. The molecule has 2 aliphatic heterocycles. The van der Waals surface area contributed by atoms with Gasteiger partial charge in [-0.3, -0.25) is 0 Å². The van der Waals surface area contributed by atoms with Crippen LogP contribution >= 0.6 is 0 Å². The number of hydrogen-bond acceptors (Lipinski definition) is 7. The van der Waals surface area contributed by atoms with Crippen molar-refractivity contribution in [1.82, 2.24) is 0 Å². The zero-order valence-electron chi connectivity index (χ0n) is 17.1. The van der Waals surface area contributed by atoms with Gasteiger partial charge in [0, 0.05) is 6.61 Å². The summed E-state index contributed by atoms with van der Waals surface area (Å²) in [4.78, 5) is 0. The number of hydrogen-bond donors (Lipinski definition) is 4. The molecule has 2 fully saturated rings. The van der Waals surface area contributed by atoms with Crippen molar-refractivity contribution in [1.29, 1.82) is 5.26 Å². The molecule has 0 saturated carbocycles. The van der Waals surface area contributed by atoms with Crippen molar-refractivity contribution in [2.75, 3.05) is 13.2 Å². The lowest BCUT2D eigenvalue weighted by Crippen LogP contribution is -2.55. The fourth-order valence-electron chi connectivity index (χ4n) is 4.33. The van der Waals surface area contributed by atoms with Gasteiger partial charge in [0.1, 0.15) is 30.5 Å². The molecule has 0 bridgehead atoms. The van der Waals surface area contributed by atoms with E-state index in [1.54, 1.807) is 18.2 Å². The highest BCUT2D eigenvalue weighted by atomic mass is 16.5. The average Bonchev–Trinajstić information content (AvgIpc) is 3.33. The summed E-state index contributed by atoms with van der Waals surface area (Å²) in [6.07, 6.45) is -3.35. The zero-order chi connectivity index (χ0) is 22.0. The van der Waals surface area contributed by atoms with Gasteiger partial charge in [0.25, 0.3) is 0 Å². The van der Waals surface area contributed by atoms with E-state index >= 15 is 0 Å². The topological polar surface area (TPSA) is 123 Å². The van der Waals surface area contributed by atoms with Gasteiger partial charge in [0.15, 0.2) is 0 Å². The first-order valence-corrected chi connectivity index (χ1v) is 10.6. The zero-order valence-corrected chi connectivity index (χ0v) is 17.1. The Balaban J connectivity index is 1.57. The Morgan fingerprint density at radius 2 is 1.71 bits per heavy atom. The van der Waals surface area contributed by atoms with Gasteiger partial charge in [-0.1, -0.05) is 36.4 Å². The van der Waals surface area contributed by atoms with Crippen molar-refractivity contribution in [3.63, 3.8) is 0 Å². The smallest absolute Gasteiger partial charge is 0.113 e. The Hall–Kier alpha value is -2.31. The summed E-state index contributed by atoms with van der Waals surface area (Å²) in [7, 11) is 0. The number of nitrogens with zero attached hydrogens (tertiary/aromatic N) is 1. The Kier molecular flexibility index (Phi) is 6.68. The maximum atomic E-state index is 10.4. The average molecular weight is 425 g/mol. The predicted molar refractivity (Wildman–Crippen MR) is 111 cm³/mol. The van der Waals surface area contributed by atoms with Crippen LogP contribution in [0.2, 0.25) is 0 Å². The Morgan fingerprint density at radius 3 is 2.35 bits per heavy atom. The van der Waals surface area contributed by atoms with Gasteiger partial charge in [-0.05, 0) is 47.6 Å². The molecule has 4 N–H and O–H groups in total. The van der Waals surface area contributed by atoms with Crippen LogP contribution in [-0.2, 0) is 15.9 Å². The lowest BCUT2D eigenvalue weighted by Gasteiger charge is -2.40. The molecule has 0 aliphatic carbocycles. The first-order chi connectivity index (χ1) is 15.0. The number of nitriles is 1. The molecule has 4 rings (SSSR count). The van der Waals surface area contributed by atoms with Crippen molar-refractivity contribution in [2.24, 2.45) is 0 Å². The SMILES string of the molecule is N#Cc1ccc([C@@H]2O[C@H](CO)[C@@H](O)[C@H](O)C2O)cc1Cc1ccc(C2CCCO2)cc1. The molecule has 6 atom stereocenters. The molecule has 0 radical (unpaired) electrons. The lowest BCUT2D eigenvalue weighted by molar-refractivity contribution is -0.231. The first kappa shape index (κ1) is 21.9. The van der Waals surface area contributed by atoms with Crippen molar-refractivity contribution in [3.05, 3.63) is 70.3 Å². The standard InChI is InChI=1S/C24H27NO6/c25-12-17-8-7-16(24-23(29)22(28)21(27)20(13-26)31-24)11-18(17)10-14-3-5-15(6-4-14)19-2-1-9-30-19/h3-8,11,19-24,26-29H,1-2,9-10,13H2/t19?,20-,21-,22+,23?,24+/m1/s1. The number of aliphatic hydroxyl groups excluding tert-OH is 4. The molecule has 2 aromatic rings. The van der Waals surface area contributed by atoms with E-state index in [4.69, 9.17) is 9.47 Å². The Bertz CT molecular complexity index is 932. The van der Waals surface area contributed by atoms with Crippen LogP contribution in [0.25, 0.3) is 0 Å². The number of rotatable bonds is 5. The molecule has 164 valence electrons. The third kappa shape index (κ3) is 4.51. The molecule has 0 spiro atoms. The van der Waals surface area contributed by atoms with Crippen LogP contribution in [0, 0.1) is 11.3 Å². The van der Waals surface area contributed by atoms with Crippen molar-refractivity contribution in [3.8, 4) is 6.07 Å². The highest BCUT2D eigenvalue weighted by Gasteiger charge is 2.44. The minimum absolute atomic E-state index is 0.151. The monoisotopic (exact) mass is 425 g/mol. The first-order valence-electron chi connectivity index (χ1n) is 10.6.